The standard InChI is InChI=1S/C21H28O4/c1-5-19-20(15(2)14-24-21(19)25-17(4)22)13-16(3)23-12-11-18-9-7-6-8-10-18/h6-10,14,19-21H,3,5,11-13H2,1-2,4H3. The highest BCUT2D eigenvalue weighted by molar-refractivity contribution is 5.66. The first-order valence-corrected chi connectivity index (χ1v) is 8.85. The maximum atomic E-state index is 11.3. The summed E-state index contributed by atoms with van der Waals surface area (Å²) in [6.45, 7) is 10.2. The highest BCUT2D eigenvalue weighted by Gasteiger charge is 2.36. The SMILES string of the molecule is C=C(CC1C(C)=COC(OC(C)=O)C1CC)OCCc1ccccc1. The molecule has 0 radical (unpaired) electrons. The van der Waals surface area contributed by atoms with E-state index in [1.54, 1.807) is 6.26 Å². The van der Waals surface area contributed by atoms with Crippen LogP contribution >= 0.6 is 0 Å². The highest BCUT2D eigenvalue weighted by atomic mass is 16.7. The number of hydrogen-bond donors (Lipinski definition) is 0. The molecule has 0 amide bonds. The lowest BCUT2D eigenvalue weighted by atomic mass is 9.80. The molecular formula is C21H28O4. The zero-order valence-electron chi connectivity index (χ0n) is 15.4. The Hall–Kier alpha value is -2.23. The van der Waals surface area contributed by atoms with Gasteiger partial charge < -0.3 is 14.2 Å². The van der Waals surface area contributed by atoms with Crippen LogP contribution in [0.2, 0.25) is 0 Å². The Kier molecular flexibility index (Phi) is 7.11. The second-order valence-electron chi connectivity index (χ2n) is 6.48. The maximum absolute atomic E-state index is 11.3. The van der Waals surface area contributed by atoms with Crippen LogP contribution in [0.1, 0.15) is 39.2 Å². The Morgan fingerprint density at radius 3 is 2.64 bits per heavy atom. The average Bonchev–Trinajstić information content (AvgIpc) is 2.58. The van der Waals surface area contributed by atoms with Crippen LogP contribution in [0, 0.1) is 11.8 Å². The molecule has 1 heterocycles. The van der Waals surface area contributed by atoms with E-state index in [9.17, 15) is 4.79 Å². The first-order chi connectivity index (χ1) is 12.0. The van der Waals surface area contributed by atoms with Crippen molar-refractivity contribution in [2.75, 3.05) is 6.61 Å². The van der Waals surface area contributed by atoms with Gasteiger partial charge in [-0.1, -0.05) is 43.8 Å². The van der Waals surface area contributed by atoms with E-state index in [-0.39, 0.29) is 17.8 Å². The van der Waals surface area contributed by atoms with Gasteiger partial charge in [0.05, 0.1) is 18.6 Å². The zero-order valence-corrected chi connectivity index (χ0v) is 15.4. The van der Waals surface area contributed by atoms with E-state index in [1.807, 2.05) is 25.1 Å². The molecule has 0 spiro atoms. The number of carbonyl (C=O) groups excluding carboxylic acids is 1. The number of esters is 1. The Balaban J connectivity index is 1.89. The highest BCUT2D eigenvalue weighted by Crippen LogP contribution is 2.37. The van der Waals surface area contributed by atoms with Crippen LogP contribution in [0.4, 0.5) is 0 Å². The lowest BCUT2D eigenvalue weighted by Crippen LogP contribution is -2.36. The number of ether oxygens (including phenoxy) is 3. The van der Waals surface area contributed by atoms with Crippen LogP contribution in [-0.2, 0) is 25.4 Å². The van der Waals surface area contributed by atoms with Gasteiger partial charge in [0.1, 0.15) is 0 Å². The fourth-order valence-electron chi connectivity index (χ4n) is 3.22. The number of allylic oxidation sites excluding steroid dienone is 2. The first kappa shape index (κ1) is 19.1. The molecule has 0 saturated carbocycles. The van der Waals surface area contributed by atoms with Crippen LogP contribution in [0.5, 0.6) is 0 Å². The van der Waals surface area contributed by atoms with E-state index < -0.39 is 6.29 Å². The molecule has 3 unspecified atom stereocenters. The second kappa shape index (κ2) is 9.30. The summed E-state index contributed by atoms with van der Waals surface area (Å²) in [5.41, 5.74) is 2.38. The number of rotatable bonds is 8. The minimum Gasteiger partial charge on any atom is -0.498 e. The van der Waals surface area contributed by atoms with Crippen molar-refractivity contribution in [1.82, 2.24) is 0 Å². The Labute approximate surface area is 150 Å². The van der Waals surface area contributed by atoms with Crippen LogP contribution in [0.25, 0.3) is 0 Å². The van der Waals surface area contributed by atoms with Gasteiger partial charge in [-0.05, 0) is 30.4 Å². The summed E-state index contributed by atoms with van der Waals surface area (Å²) < 4.78 is 16.7. The first-order valence-electron chi connectivity index (χ1n) is 8.85. The predicted octanol–water partition coefficient (Wildman–Crippen LogP) is 4.62. The molecule has 25 heavy (non-hydrogen) atoms. The van der Waals surface area contributed by atoms with Gasteiger partial charge in [0.25, 0.3) is 0 Å². The van der Waals surface area contributed by atoms with Crippen molar-refractivity contribution < 1.29 is 19.0 Å². The molecule has 1 aliphatic heterocycles. The molecule has 1 aliphatic rings. The molecule has 0 aromatic heterocycles. The summed E-state index contributed by atoms with van der Waals surface area (Å²) in [6.07, 6.45) is 3.58. The summed E-state index contributed by atoms with van der Waals surface area (Å²) >= 11 is 0. The fourth-order valence-corrected chi connectivity index (χ4v) is 3.22. The van der Waals surface area contributed by atoms with Gasteiger partial charge in [0.15, 0.2) is 0 Å². The van der Waals surface area contributed by atoms with Crippen LogP contribution in [0.15, 0.2) is 54.5 Å². The van der Waals surface area contributed by atoms with E-state index in [1.165, 1.54) is 12.5 Å². The molecule has 0 aliphatic carbocycles. The van der Waals surface area contributed by atoms with Crippen LogP contribution < -0.4 is 0 Å². The van der Waals surface area contributed by atoms with Gasteiger partial charge in [-0.2, -0.15) is 0 Å². The number of carbonyl (C=O) groups is 1. The molecular weight excluding hydrogens is 316 g/mol. The summed E-state index contributed by atoms with van der Waals surface area (Å²) in [7, 11) is 0. The average molecular weight is 344 g/mol. The lowest BCUT2D eigenvalue weighted by Gasteiger charge is -2.36. The molecule has 0 saturated heterocycles. The van der Waals surface area contributed by atoms with Crippen molar-refractivity contribution in [2.24, 2.45) is 11.8 Å². The van der Waals surface area contributed by atoms with E-state index in [4.69, 9.17) is 14.2 Å². The van der Waals surface area contributed by atoms with E-state index in [0.717, 1.165) is 24.2 Å². The minimum absolute atomic E-state index is 0.100. The Bertz CT molecular complexity index is 606. The number of hydrogen-bond acceptors (Lipinski definition) is 4. The molecule has 0 bridgehead atoms. The third kappa shape index (κ3) is 5.66. The summed E-state index contributed by atoms with van der Waals surface area (Å²) in [5, 5.41) is 0. The van der Waals surface area contributed by atoms with Gasteiger partial charge in [-0.25, -0.2) is 0 Å². The molecule has 4 heteroatoms. The van der Waals surface area contributed by atoms with Crippen molar-refractivity contribution in [3.63, 3.8) is 0 Å². The molecule has 136 valence electrons. The topological polar surface area (TPSA) is 44.8 Å². The molecule has 4 nitrogen and oxygen atoms in total. The zero-order chi connectivity index (χ0) is 18.2. The number of benzene rings is 1. The third-order valence-electron chi connectivity index (χ3n) is 4.58. The van der Waals surface area contributed by atoms with Crippen molar-refractivity contribution in [2.45, 2.75) is 46.3 Å². The molecule has 0 fully saturated rings. The van der Waals surface area contributed by atoms with Crippen molar-refractivity contribution >= 4 is 5.97 Å². The predicted molar refractivity (Wildman–Crippen MR) is 97.5 cm³/mol. The normalized spacial score (nSPS) is 22.5. The monoisotopic (exact) mass is 344 g/mol. The van der Waals surface area contributed by atoms with Crippen LogP contribution in [-0.4, -0.2) is 18.9 Å². The molecule has 1 aromatic carbocycles. The molecule has 1 aromatic rings. The largest absolute Gasteiger partial charge is 0.498 e. The Morgan fingerprint density at radius 2 is 2.00 bits per heavy atom. The summed E-state index contributed by atoms with van der Waals surface area (Å²) in [5.74, 6) is 0.736. The lowest BCUT2D eigenvalue weighted by molar-refractivity contribution is -0.184. The van der Waals surface area contributed by atoms with Gasteiger partial charge in [0.2, 0.25) is 6.29 Å². The van der Waals surface area contributed by atoms with E-state index >= 15 is 0 Å². The smallest absolute Gasteiger partial charge is 0.305 e. The molecule has 3 atom stereocenters. The Morgan fingerprint density at radius 1 is 1.28 bits per heavy atom. The van der Waals surface area contributed by atoms with Crippen molar-refractivity contribution in [1.29, 1.82) is 0 Å². The van der Waals surface area contributed by atoms with Gasteiger partial charge >= 0.3 is 5.97 Å². The molecule has 2 rings (SSSR count). The van der Waals surface area contributed by atoms with Crippen molar-refractivity contribution in [3.05, 3.63) is 60.1 Å². The maximum Gasteiger partial charge on any atom is 0.305 e. The minimum atomic E-state index is -0.534. The van der Waals surface area contributed by atoms with Gasteiger partial charge in [-0.3, -0.25) is 4.79 Å². The summed E-state index contributed by atoms with van der Waals surface area (Å²) in [4.78, 5) is 11.3. The second-order valence-corrected chi connectivity index (χ2v) is 6.48. The van der Waals surface area contributed by atoms with Crippen molar-refractivity contribution in [3.8, 4) is 0 Å². The van der Waals surface area contributed by atoms with Gasteiger partial charge in [0, 0.05) is 25.7 Å². The molecule has 0 N–H and O–H groups in total. The third-order valence-corrected chi connectivity index (χ3v) is 4.58. The van der Waals surface area contributed by atoms with Gasteiger partial charge in [-0.15, -0.1) is 0 Å². The quantitative estimate of drug-likeness (QED) is 0.510. The summed E-state index contributed by atoms with van der Waals surface area (Å²) in [6, 6.07) is 10.2. The van der Waals surface area contributed by atoms with Crippen LogP contribution in [0.3, 0.4) is 0 Å². The van der Waals surface area contributed by atoms with E-state index in [0.29, 0.717) is 13.0 Å². The van der Waals surface area contributed by atoms with E-state index in [2.05, 4.69) is 25.6 Å². The fraction of sp³-hybridized carbons (Fsp3) is 0.476.